The van der Waals surface area contributed by atoms with Gasteiger partial charge in [0.2, 0.25) is 0 Å². The molecule has 2 heteroatoms. The fraction of sp³-hybridized carbons (Fsp3) is 0.243. The third kappa shape index (κ3) is 3.01. The van der Waals surface area contributed by atoms with Gasteiger partial charge < -0.3 is 5.32 Å². The molecule has 5 aromatic rings. The average Bonchev–Trinajstić information content (AvgIpc) is 3.56. The zero-order valence-corrected chi connectivity index (χ0v) is 22.9. The van der Waals surface area contributed by atoms with Crippen LogP contribution in [-0.2, 0) is 5.41 Å². The van der Waals surface area contributed by atoms with E-state index in [0.29, 0.717) is 0 Å². The van der Waals surface area contributed by atoms with Gasteiger partial charge in [-0.25, -0.2) is 0 Å². The molecule has 1 heterocycles. The van der Waals surface area contributed by atoms with Crippen LogP contribution in [0.15, 0.2) is 96.4 Å². The monoisotopic (exact) mass is 521 g/mol. The Morgan fingerprint density at radius 3 is 1.74 bits per heavy atom. The first-order chi connectivity index (χ1) is 19.3. The molecule has 4 aliphatic carbocycles. The molecular formula is C37H31NS. The summed E-state index contributed by atoms with van der Waals surface area (Å²) in [6, 6.07) is 35.0. The molecule has 190 valence electrons. The molecule has 2 fully saturated rings. The van der Waals surface area contributed by atoms with E-state index >= 15 is 0 Å². The first-order valence-corrected chi connectivity index (χ1v) is 15.5. The number of hydrogen-bond acceptors (Lipinski definition) is 2. The Labute approximate surface area is 234 Å². The van der Waals surface area contributed by atoms with Crippen LogP contribution in [0.2, 0.25) is 0 Å². The Hall–Kier alpha value is -3.62. The number of benzene rings is 4. The van der Waals surface area contributed by atoms with E-state index in [1.165, 1.54) is 82.3 Å². The van der Waals surface area contributed by atoms with Gasteiger partial charge in [0.05, 0.1) is 5.41 Å². The van der Waals surface area contributed by atoms with E-state index < -0.39 is 0 Å². The summed E-state index contributed by atoms with van der Waals surface area (Å²) in [5, 5.41) is 5.94. The van der Waals surface area contributed by atoms with Crippen molar-refractivity contribution in [3.8, 4) is 22.3 Å². The van der Waals surface area contributed by atoms with Crippen molar-refractivity contribution in [2.75, 3.05) is 5.32 Å². The van der Waals surface area contributed by atoms with Gasteiger partial charge in [0, 0.05) is 16.3 Å². The molecule has 9 rings (SSSR count). The molecule has 39 heavy (non-hydrogen) atoms. The lowest BCUT2D eigenvalue weighted by atomic mass is 9.72. The maximum absolute atomic E-state index is 3.64. The van der Waals surface area contributed by atoms with Gasteiger partial charge in [-0.15, -0.1) is 11.3 Å². The normalized spacial score (nSPS) is 18.2. The smallest absolute Gasteiger partial charge is 0.0819 e. The van der Waals surface area contributed by atoms with Crippen LogP contribution in [0.5, 0.6) is 0 Å². The third-order valence-electron chi connectivity index (χ3n) is 10.1. The van der Waals surface area contributed by atoms with E-state index in [1.807, 2.05) is 11.3 Å². The van der Waals surface area contributed by atoms with Crippen LogP contribution in [0.1, 0.15) is 83.1 Å². The Morgan fingerprint density at radius 2 is 1.15 bits per heavy atom. The Balaban J connectivity index is 1.27. The number of hydrogen-bond donors (Lipinski definition) is 1. The standard InChI is InChI=1S/C37H31NS/c1-2-10-27(11-3-1)38-28-14-17-35-32(22-28)29-18-19-39-36(29)37(35)33-15-12-25(23-6-4-7-23)20-30(33)31-21-26(13-16-34(31)37)24-8-5-9-24/h1-3,10-24,38H,4-9H2. The predicted octanol–water partition coefficient (Wildman–Crippen LogP) is 10.4. The first-order valence-electron chi connectivity index (χ1n) is 14.6. The fourth-order valence-electron chi connectivity index (χ4n) is 7.69. The van der Waals surface area contributed by atoms with E-state index in [2.05, 4.69) is 102 Å². The molecule has 0 bridgehead atoms. The molecule has 4 aliphatic rings. The molecule has 1 aromatic heterocycles. The van der Waals surface area contributed by atoms with Crippen molar-refractivity contribution in [1.29, 1.82) is 0 Å². The summed E-state index contributed by atoms with van der Waals surface area (Å²) in [6.45, 7) is 0. The maximum atomic E-state index is 3.64. The molecule has 0 unspecified atom stereocenters. The number of anilines is 2. The predicted molar refractivity (Wildman–Crippen MR) is 164 cm³/mol. The number of para-hydroxylation sites is 1. The van der Waals surface area contributed by atoms with Gasteiger partial charge in [-0.1, -0.05) is 73.5 Å². The lowest BCUT2D eigenvalue weighted by molar-refractivity contribution is 0.419. The van der Waals surface area contributed by atoms with Gasteiger partial charge in [-0.05, 0) is 123 Å². The molecule has 2 saturated carbocycles. The van der Waals surface area contributed by atoms with Crippen molar-refractivity contribution in [3.63, 3.8) is 0 Å². The summed E-state index contributed by atoms with van der Waals surface area (Å²) in [5.74, 6) is 1.48. The van der Waals surface area contributed by atoms with Crippen molar-refractivity contribution in [2.24, 2.45) is 0 Å². The van der Waals surface area contributed by atoms with Gasteiger partial charge in [0.15, 0.2) is 0 Å². The summed E-state index contributed by atoms with van der Waals surface area (Å²) in [4.78, 5) is 1.49. The van der Waals surface area contributed by atoms with Gasteiger partial charge in [-0.3, -0.25) is 0 Å². The van der Waals surface area contributed by atoms with Crippen molar-refractivity contribution < 1.29 is 0 Å². The van der Waals surface area contributed by atoms with Crippen molar-refractivity contribution >= 4 is 22.7 Å². The second kappa shape index (κ2) is 8.19. The minimum atomic E-state index is -0.217. The number of thiophene rings is 1. The number of rotatable bonds is 4. The van der Waals surface area contributed by atoms with Gasteiger partial charge in [-0.2, -0.15) is 0 Å². The summed E-state index contributed by atoms with van der Waals surface area (Å²) in [6.07, 6.45) is 8.11. The summed E-state index contributed by atoms with van der Waals surface area (Å²) < 4.78 is 0. The van der Waals surface area contributed by atoms with Crippen LogP contribution >= 0.6 is 11.3 Å². The quantitative estimate of drug-likeness (QED) is 0.243. The van der Waals surface area contributed by atoms with Gasteiger partial charge in [0.1, 0.15) is 0 Å². The molecular weight excluding hydrogens is 490 g/mol. The van der Waals surface area contributed by atoms with E-state index in [4.69, 9.17) is 0 Å². The lowest BCUT2D eigenvalue weighted by Crippen LogP contribution is -2.25. The van der Waals surface area contributed by atoms with Crippen LogP contribution in [0.4, 0.5) is 11.4 Å². The van der Waals surface area contributed by atoms with E-state index in [9.17, 15) is 0 Å². The number of nitrogens with one attached hydrogen (secondary N) is 1. The van der Waals surface area contributed by atoms with E-state index in [1.54, 1.807) is 11.1 Å². The highest BCUT2D eigenvalue weighted by atomic mass is 32.1. The van der Waals surface area contributed by atoms with Gasteiger partial charge >= 0.3 is 0 Å². The highest BCUT2D eigenvalue weighted by Crippen LogP contribution is 2.65. The number of fused-ring (bicyclic) bond motifs is 10. The SMILES string of the molecule is c1ccc(Nc2ccc3c(c2)-c2ccsc2C32c3ccc(C4CCC4)cc3-c3cc(C4CCC4)ccc32)cc1. The minimum Gasteiger partial charge on any atom is -0.356 e. The second-order valence-corrected chi connectivity index (χ2v) is 12.9. The molecule has 1 N–H and O–H groups in total. The van der Waals surface area contributed by atoms with Crippen LogP contribution in [0, 0.1) is 0 Å². The highest BCUT2D eigenvalue weighted by molar-refractivity contribution is 7.11. The largest absolute Gasteiger partial charge is 0.356 e. The van der Waals surface area contributed by atoms with Crippen molar-refractivity contribution in [1.82, 2.24) is 0 Å². The molecule has 0 saturated heterocycles. The van der Waals surface area contributed by atoms with Crippen LogP contribution in [0.3, 0.4) is 0 Å². The van der Waals surface area contributed by atoms with Crippen molar-refractivity contribution in [2.45, 2.75) is 55.8 Å². The molecule has 0 amide bonds. The zero-order valence-electron chi connectivity index (χ0n) is 22.0. The van der Waals surface area contributed by atoms with Crippen LogP contribution < -0.4 is 5.32 Å². The fourth-order valence-corrected chi connectivity index (χ4v) is 8.84. The minimum absolute atomic E-state index is 0.217. The second-order valence-electron chi connectivity index (χ2n) is 12.0. The Bertz CT molecular complexity index is 1690. The first kappa shape index (κ1) is 22.2. The Kier molecular flexibility index (Phi) is 4.67. The lowest BCUT2D eigenvalue weighted by Gasteiger charge is -2.31. The molecule has 1 nitrogen and oxygen atoms in total. The average molecular weight is 522 g/mol. The van der Waals surface area contributed by atoms with Crippen LogP contribution in [0.25, 0.3) is 22.3 Å². The highest BCUT2D eigenvalue weighted by Gasteiger charge is 2.53. The topological polar surface area (TPSA) is 12.0 Å². The molecule has 0 atom stereocenters. The summed E-state index contributed by atoms with van der Waals surface area (Å²) in [5.41, 5.74) is 15.3. The summed E-state index contributed by atoms with van der Waals surface area (Å²) in [7, 11) is 0. The molecule has 4 aromatic carbocycles. The maximum Gasteiger partial charge on any atom is 0.0819 e. The Morgan fingerprint density at radius 1 is 0.564 bits per heavy atom. The van der Waals surface area contributed by atoms with E-state index in [0.717, 1.165) is 23.2 Å². The van der Waals surface area contributed by atoms with E-state index in [-0.39, 0.29) is 5.41 Å². The van der Waals surface area contributed by atoms with Gasteiger partial charge in [0.25, 0.3) is 0 Å². The molecule has 0 radical (unpaired) electrons. The molecule has 0 aliphatic heterocycles. The summed E-state index contributed by atoms with van der Waals surface area (Å²) >= 11 is 1.93. The van der Waals surface area contributed by atoms with Crippen molar-refractivity contribution in [3.05, 3.63) is 129 Å². The zero-order chi connectivity index (χ0) is 25.6. The third-order valence-corrected chi connectivity index (χ3v) is 11.2. The van der Waals surface area contributed by atoms with Crippen LogP contribution in [-0.4, -0.2) is 0 Å². The molecule has 1 spiro atoms.